The van der Waals surface area contributed by atoms with Crippen molar-refractivity contribution in [3.05, 3.63) is 48.5 Å². The first-order valence-corrected chi connectivity index (χ1v) is 13.6. The molecule has 0 aromatic heterocycles. The highest BCUT2D eigenvalue weighted by atomic mass is 16.5. The van der Waals surface area contributed by atoms with E-state index in [2.05, 4.69) is 58.3 Å². The van der Waals surface area contributed by atoms with Crippen LogP contribution in [-0.4, -0.2) is 85.7 Å². The number of piperidine rings is 2. The van der Waals surface area contributed by atoms with Crippen molar-refractivity contribution in [3.8, 4) is 11.5 Å². The molecule has 3 aromatic rings. The molecule has 0 saturated carbocycles. The van der Waals surface area contributed by atoms with Crippen LogP contribution < -0.4 is 9.47 Å². The lowest BCUT2D eigenvalue weighted by atomic mass is 9.99. The van der Waals surface area contributed by atoms with Crippen molar-refractivity contribution < 1.29 is 19.7 Å². The van der Waals surface area contributed by atoms with E-state index in [-0.39, 0.29) is 13.2 Å². The summed E-state index contributed by atoms with van der Waals surface area (Å²) >= 11 is 0. The van der Waals surface area contributed by atoms with Crippen LogP contribution in [0.1, 0.15) is 25.7 Å². The molecule has 194 valence electrons. The standard InChI is InChI=1S/C30H40N2O4/c33-21-23-7-5-13-31(19-23)15-17-35-29-25-9-1-2-10-26(25)30(28-12-4-3-11-27(28)29)36-18-16-32-14-6-8-24(20-32)22-34/h1-4,9-12,23-24,33-34H,5-8,13-22H2. The van der Waals surface area contributed by atoms with E-state index in [0.717, 1.165) is 98.0 Å². The van der Waals surface area contributed by atoms with E-state index in [0.29, 0.717) is 25.0 Å². The number of aliphatic hydroxyl groups excluding tert-OH is 2. The third kappa shape index (κ3) is 5.78. The molecule has 2 saturated heterocycles. The lowest BCUT2D eigenvalue weighted by molar-refractivity contribution is 0.108. The second kappa shape index (κ2) is 12.2. The predicted molar refractivity (Wildman–Crippen MR) is 145 cm³/mol. The van der Waals surface area contributed by atoms with Gasteiger partial charge < -0.3 is 19.7 Å². The Morgan fingerprint density at radius 2 is 1.03 bits per heavy atom. The van der Waals surface area contributed by atoms with Crippen LogP contribution in [0, 0.1) is 11.8 Å². The van der Waals surface area contributed by atoms with Crippen molar-refractivity contribution in [2.45, 2.75) is 25.7 Å². The molecule has 0 radical (unpaired) electrons. The van der Waals surface area contributed by atoms with E-state index in [1.807, 2.05) is 0 Å². The largest absolute Gasteiger partial charge is 0.491 e. The Morgan fingerprint density at radius 1 is 0.639 bits per heavy atom. The maximum absolute atomic E-state index is 9.55. The van der Waals surface area contributed by atoms with Gasteiger partial charge in [-0.05, 0) is 50.6 Å². The Morgan fingerprint density at radius 3 is 1.39 bits per heavy atom. The molecular formula is C30H40N2O4. The monoisotopic (exact) mass is 492 g/mol. The molecule has 6 nitrogen and oxygen atoms in total. The highest BCUT2D eigenvalue weighted by molar-refractivity contribution is 6.11. The first kappa shape index (κ1) is 25.3. The van der Waals surface area contributed by atoms with Crippen LogP contribution in [0.15, 0.2) is 48.5 Å². The van der Waals surface area contributed by atoms with Crippen LogP contribution in [0.3, 0.4) is 0 Å². The minimum Gasteiger partial charge on any atom is -0.491 e. The van der Waals surface area contributed by atoms with Crippen LogP contribution in [0.4, 0.5) is 0 Å². The number of nitrogens with zero attached hydrogens (tertiary/aromatic N) is 2. The van der Waals surface area contributed by atoms with Gasteiger partial charge in [0.25, 0.3) is 0 Å². The molecule has 36 heavy (non-hydrogen) atoms. The smallest absolute Gasteiger partial charge is 0.135 e. The highest BCUT2D eigenvalue weighted by Gasteiger charge is 2.21. The predicted octanol–water partition coefficient (Wildman–Crippen LogP) is 4.16. The summed E-state index contributed by atoms with van der Waals surface area (Å²) in [6.07, 6.45) is 4.51. The summed E-state index contributed by atoms with van der Waals surface area (Å²) in [4.78, 5) is 4.82. The van der Waals surface area contributed by atoms with E-state index in [1.165, 1.54) is 0 Å². The molecule has 0 amide bonds. The molecule has 3 aromatic carbocycles. The van der Waals surface area contributed by atoms with Crippen LogP contribution in [-0.2, 0) is 0 Å². The van der Waals surface area contributed by atoms with Crippen molar-refractivity contribution in [3.63, 3.8) is 0 Å². The Kier molecular flexibility index (Phi) is 8.59. The number of benzene rings is 3. The Balaban J connectivity index is 1.34. The zero-order valence-corrected chi connectivity index (χ0v) is 21.3. The number of ether oxygens (including phenoxy) is 2. The minimum absolute atomic E-state index is 0.272. The summed E-state index contributed by atoms with van der Waals surface area (Å²) in [5, 5.41) is 23.4. The van der Waals surface area contributed by atoms with Gasteiger partial charge in [0, 0.05) is 60.9 Å². The van der Waals surface area contributed by atoms with Gasteiger partial charge in [0.05, 0.1) is 0 Å². The molecule has 2 unspecified atom stereocenters. The third-order valence-electron chi connectivity index (χ3n) is 7.86. The summed E-state index contributed by atoms with van der Waals surface area (Å²) in [5.74, 6) is 2.62. The maximum Gasteiger partial charge on any atom is 0.135 e. The van der Waals surface area contributed by atoms with Gasteiger partial charge in [-0.3, -0.25) is 9.80 Å². The quantitative estimate of drug-likeness (QED) is 0.415. The number of likely N-dealkylation sites (tertiary alicyclic amines) is 2. The lowest BCUT2D eigenvalue weighted by Crippen LogP contribution is -2.39. The average molecular weight is 493 g/mol. The molecule has 0 aliphatic carbocycles. The van der Waals surface area contributed by atoms with E-state index in [9.17, 15) is 10.2 Å². The maximum atomic E-state index is 9.55. The number of rotatable bonds is 10. The molecule has 6 heteroatoms. The van der Waals surface area contributed by atoms with E-state index in [4.69, 9.17) is 9.47 Å². The second-order valence-electron chi connectivity index (χ2n) is 10.4. The summed E-state index contributed by atoms with van der Waals surface area (Å²) in [6, 6.07) is 16.8. The summed E-state index contributed by atoms with van der Waals surface area (Å²) in [6.45, 7) is 7.55. The van der Waals surface area contributed by atoms with Crippen molar-refractivity contribution in [1.29, 1.82) is 0 Å². The fraction of sp³-hybridized carbons (Fsp3) is 0.533. The minimum atomic E-state index is 0.272. The molecule has 5 rings (SSSR count). The molecule has 2 aliphatic rings. The van der Waals surface area contributed by atoms with Gasteiger partial charge in [-0.25, -0.2) is 0 Å². The number of aliphatic hydroxyl groups is 2. The fourth-order valence-corrected chi connectivity index (χ4v) is 5.92. The Labute approximate surface area is 214 Å². The molecule has 2 fully saturated rings. The van der Waals surface area contributed by atoms with Gasteiger partial charge in [-0.15, -0.1) is 0 Å². The summed E-state index contributed by atoms with van der Waals surface area (Å²) in [7, 11) is 0. The topological polar surface area (TPSA) is 65.4 Å². The second-order valence-corrected chi connectivity index (χ2v) is 10.4. The van der Waals surface area contributed by atoms with Crippen molar-refractivity contribution in [2.24, 2.45) is 11.8 Å². The zero-order valence-electron chi connectivity index (χ0n) is 21.3. The zero-order chi connectivity index (χ0) is 24.7. The highest BCUT2D eigenvalue weighted by Crippen LogP contribution is 2.42. The lowest BCUT2D eigenvalue weighted by Gasteiger charge is -2.32. The summed E-state index contributed by atoms with van der Waals surface area (Å²) < 4.78 is 13.0. The fourth-order valence-electron chi connectivity index (χ4n) is 5.92. The van der Waals surface area contributed by atoms with Gasteiger partial charge >= 0.3 is 0 Å². The number of hydrogen-bond donors (Lipinski definition) is 2. The molecule has 2 aliphatic heterocycles. The first-order chi connectivity index (χ1) is 17.8. The first-order valence-electron chi connectivity index (χ1n) is 13.6. The summed E-state index contributed by atoms with van der Waals surface area (Å²) in [5.41, 5.74) is 0. The van der Waals surface area contributed by atoms with Gasteiger partial charge in [0.1, 0.15) is 24.7 Å². The van der Waals surface area contributed by atoms with E-state index in [1.54, 1.807) is 0 Å². The molecule has 0 spiro atoms. The molecule has 0 bridgehead atoms. The molecular weight excluding hydrogens is 452 g/mol. The molecule has 2 N–H and O–H groups in total. The van der Waals surface area contributed by atoms with Crippen molar-refractivity contribution in [2.75, 3.05) is 65.7 Å². The number of hydrogen-bond acceptors (Lipinski definition) is 6. The van der Waals surface area contributed by atoms with Crippen LogP contribution in [0.5, 0.6) is 11.5 Å². The van der Waals surface area contributed by atoms with Gasteiger partial charge in [-0.1, -0.05) is 48.5 Å². The Bertz CT molecular complexity index is 992. The molecule has 2 heterocycles. The van der Waals surface area contributed by atoms with Crippen LogP contribution in [0.25, 0.3) is 21.5 Å². The van der Waals surface area contributed by atoms with Gasteiger partial charge in [0.2, 0.25) is 0 Å². The van der Waals surface area contributed by atoms with Crippen LogP contribution in [0.2, 0.25) is 0 Å². The van der Waals surface area contributed by atoms with Gasteiger partial charge in [0.15, 0.2) is 0 Å². The Hall–Kier alpha value is -2.38. The average Bonchev–Trinajstić information content (AvgIpc) is 2.94. The van der Waals surface area contributed by atoms with E-state index >= 15 is 0 Å². The van der Waals surface area contributed by atoms with Crippen LogP contribution >= 0.6 is 0 Å². The van der Waals surface area contributed by atoms with E-state index < -0.39 is 0 Å². The van der Waals surface area contributed by atoms with Crippen molar-refractivity contribution in [1.82, 2.24) is 9.80 Å². The van der Waals surface area contributed by atoms with Gasteiger partial charge in [-0.2, -0.15) is 0 Å². The van der Waals surface area contributed by atoms with Crippen molar-refractivity contribution >= 4 is 21.5 Å². The normalized spacial score (nSPS) is 21.7. The SMILES string of the molecule is OCC1CCCN(CCOc2c3ccccc3c(OCCN3CCCC(CO)C3)c3ccccc23)C1. The third-order valence-corrected chi connectivity index (χ3v) is 7.86. The number of fused-ring (bicyclic) bond motifs is 2. The molecule has 2 atom stereocenters.